The van der Waals surface area contributed by atoms with Gasteiger partial charge in [-0.25, -0.2) is 9.97 Å². The van der Waals surface area contributed by atoms with E-state index in [2.05, 4.69) is 15.3 Å². The second kappa shape index (κ2) is 4.45. The molecular weight excluding hydrogens is 204 g/mol. The van der Waals surface area contributed by atoms with E-state index in [9.17, 15) is 5.11 Å². The number of nitrogens with zero attached hydrogens (tertiary/aromatic N) is 3. The molecular formula is C11H14N4O. The van der Waals surface area contributed by atoms with E-state index in [0.717, 1.165) is 25.7 Å². The van der Waals surface area contributed by atoms with Gasteiger partial charge in [0.2, 0.25) is 5.95 Å². The molecule has 1 heterocycles. The fourth-order valence-corrected chi connectivity index (χ4v) is 2.09. The van der Waals surface area contributed by atoms with Gasteiger partial charge in [0.25, 0.3) is 0 Å². The zero-order chi connectivity index (χ0) is 11.4. The predicted molar refractivity (Wildman–Crippen MR) is 58.7 cm³/mol. The lowest BCUT2D eigenvalue weighted by molar-refractivity contribution is 0.213. The molecule has 0 saturated heterocycles. The van der Waals surface area contributed by atoms with Crippen LogP contribution >= 0.6 is 0 Å². The van der Waals surface area contributed by atoms with Gasteiger partial charge in [-0.1, -0.05) is 12.8 Å². The van der Waals surface area contributed by atoms with Gasteiger partial charge in [-0.15, -0.1) is 0 Å². The molecule has 1 aliphatic carbocycles. The van der Waals surface area contributed by atoms with Crippen LogP contribution in [-0.4, -0.2) is 27.2 Å². The number of hydrogen-bond acceptors (Lipinski definition) is 5. The Kier molecular flexibility index (Phi) is 3.02. The van der Waals surface area contributed by atoms with Crippen LogP contribution in [0.4, 0.5) is 5.95 Å². The van der Waals surface area contributed by atoms with E-state index in [1.165, 1.54) is 0 Å². The van der Waals surface area contributed by atoms with Crippen molar-refractivity contribution in [1.82, 2.24) is 9.97 Å². The highest BCUT2D eigenvalue weighted by Crippen LogP contribution is 2.31. The lowest BCUT2D eigenvalue weighted by atomic mass is 9.99. The molecule has 1 aromatic rings. The van der Waals surface area contributed by atoms with Crippen LogP contribution in [-0.2, 0) is 0 Å². The SMILES string of the molecule is N#Cc1ccnc(NC2(CO)CCCC2)n1. The minimum Gasteiger partial charge on any atom is -0.394 e. The van der Waals surface area contributed by atoms with Gasteiger partial charge >= 0.3 is 0 Å². The summed E-state index contributed by atoms with van der Waals surface area (Å²) in [5.41, 5.74) is 0.0391. The molecule has 2 rings (SSSR count). The predicted octanol–water partition coefficient (Wildman–Crippen LogP) is 1.07. The van der Waals surface area contributed by atoms with Crippen molar-refractivity contribution in [3.63, 3.8) is 0 Å². The molecule has 0 aromatic carbocycles. The van der Waals surface area contributed by atoms with Crippen molar-refractivity contribution in [2.24, 2.45) is 0 Å². The Morgan fingerprint density at radius 2 is 2.25 bits per heavy atom. The molecule has 1 aliphatic rings. The molecule has 16 heavy (non-hydrogen) atoms. The average molecular weight is 218 g/mol. The third-order valence-corrected chi connectivity index (χ3v) is 3.01. The van der Waals surface area contributed by atoms with Gasteiger partial charge in [0.1, 0.15) is 11.8 Å². The van der Waals surface area contributed by atoms with Crippen LogP contribution in [0.3, 0.4) is 0 Å². The molecule has 0 spiro atoms. The van der Waals surface area contributed by atoms with Crippen LogP contribution in [0, 0.1) is 11.3 Å². The van der Waals surface area contributed by atoms with E-state index in [-0.39, 0.29) is 12.1 Å². The maximum absolute atomic E-state index is 9.42. The Morgan fingerprint density at radius 1 is 1.50 bits per heavy atom. The Morgan fingerprint density at radius 3 is 2.88 bits per heavy atom. The molecule has 1 fully saturated rings. The second-order valence-electron chi connectivity index (χ2n) is 4.15. The van der Waals surface area contributed by atoms with E-state index < -0.39 is 0 Å². The van der Waals surface area contributed by atoms with E-state index >= 15 is 0 Å². The third-order valence-electron chi connectivity index (χ3n) is 3.01. The molecule has 0 atom stereocenters. The molecule has 2 N–H and O–H groups in total. The molecule has 1 aromatic heterocycles. The Labute approximate surface area is 94.2 Å². The number of nitriles is 1. The normalized spacial score (nSPS) is 18.0. The van der Waals surface area contributed by atoms with E-state index in [0.29, 0.717) is 11.6 Å². The molecule has 84 valence electrons. The van der Waals surface area contributed by atoms with Crippen molar-refractivity contribution in [3.8, 4) is 6.07 Å². The van der Waals surface area contributed by atoms with Crippen LogP contribution in [0.2, 0.25) is 0 Å². The van der Waals surface area contributed by atoms with Crippen LogP contribution in [0.25, 0.3) is 0 Å². The summed E-state index contributed by atoms with van der Waals surface area (Å²) in [6.07, 6.45) is 5.60. The highest BCUT2D eigenvalue weighted by Gasteiger charge is 2.33. The summed E-state index contributed by atoms with van der Waals surface area (Å²) in [6, 6.07) is 3.53. The maximum atomic E-state index is 9.42. The van der Waals surface area contributed by atoms with Gasteiger partial charge in [0.05, 0.1) is 12.1 Å². The van der Waals surface area contributed by atoms with Crippen LogP contribution in [0.15, 0.2) is 12.3 Å². The molecule has 5 heteroatoms. The lowest BCUT2D eigenvalue weighted by Gasteiger charge is -2.27. The van der Waals surface area contributed by atoms with Crippen molar-refractivity contribution in [2.45, 2.75) is 31.2 Å². The number of aromatic nitrogens is 2. The molecule has 0 aliphatic heterocycles. The summed E-state index contributed by atoms with van der Waals surface area (Å²) in [6.45, 7) is 0.0765. The van der Waals surface area contributed by atoms with Crippen LogP contribution < -0.4 is 5.32 Å². The number of aliphatic hydroxyl groups excluding tert-OH is 1. The summed E-state index contributed by atoms with van der Waals surface area (Å²) in [7, 11) is 0. The summed E-state index contributed by atoms with van der Waals surface area (Å²) in [5, 5.41) is 21.3. The first-order valence-electron chi connectivity index (χ1n) is 5.40. The van der Waals surface area contributed by atoms with Crippen molar-refractivity contribution < 1.29 is 5.11 Å². The van der Waals surface area contributed by atoms with Crippen LogP contribution in [0.1, 0.15) is 31.4 Å². The van der Waals surface area contributed by atoms with Gasteiger partial charge in [-0.2, -0.15) is 5.26 Å². The Balaban J connectivity index is 2.16. The Bertz CT molecular complexity index is 407. The second-order valence-corrected chi connectivity index (χ2v) is 4.15. The number of hydrogen-bond donors (Lipinski definition) is 2. The summed E-state index contributed by atoms with van der Waals surface area (Å²) in [5.74, 6) is 0.426. The molecule has 0 bridgehead atoms. The monoisotopic (exact) mass is 218 g/mol. The highest BCUT2D eigenvalue weighted by molar-refractivity contribution is 5.33. The Hall–Kier alpha value is -1.67. The van der Waals surface area contributed by atoms with Gasteiger partial charge in [-0.05, 0) is 18.9 Å². The number of aliphatic hydroxyl groups is 1. The minimum atomic E-state index is -0.298. The summed E-state index contributed by atoms with van der Waals surface area (Å²) >= 11 is 0. The van der Waals surface area contributed by atoms with Gasteiger partial charge in [0.15, 0.2) is 0 Å². The fourth-order valence-electron chi connectivity index (χ4n) is 2.09. The van der Waals surface area contributed by atoms with Gasteiger partial charge in [-0.3, -0.25) is 0 Å². The van der Waals surface area contributed by atoms with Crippen molar-refractivity contribution >= 4 is 5.95 Å². The van der Waals surface area contributed by atoms with E-state index in [4.69, 9.17) is 5.26 Å². The molecule has 1 saturated carbocycles. The lowest BCUT2D eigenvalue weighted by Crippen LogP contribution is -2.39. The smallest absolute Gasteiger partial charge is 0.224 e. The zero-order valence-corrected chi connectivity index (χ0v) is 8.98. The van der Waals surface area contributed by atoms with Crippen LogP contribution in [0.5, 0.6) is 0 Å². The largest absolute Gasteiger partial charge is 0.394 e. The summed E-state index contributed by atoms with van der Waals surface area (Å²) < 4.78 is 0. The van der Waals surface area contributed by atoms with E-state index in [1.54, 1.807) is 12.3 Å². The van der Waals surface area contributed by atoms with E-state index in [1.807, 2.05) is 6.07 Å². The number of anilines is 1. The molecule has 5 nitrogen and oxygen atoms in total. The highest BCUT2D eigenvalue weighted by atomic mass is 16.3. The molecule has 0 unspecified atom stereocenters. The standard InChI is InChI=1S/C11H14N4O/c12-7-9-3-6-13-10(14-9)15-11(8-16)4-1-2-5-11/h3,6,16H,1-2,4-5,8H2,(H,13,14,15). The number of rotatable bonds is 3. The first-order valence-corrected chi connectivity index (χ1v) is 5.40. The van der Waals surface area contributed by atoms with Gasteiger partial charge in [0, 0.05) is 6.20 Å². The average Bonchev–Trinajstić information content (AvgIpc) is 2.78. The minimum absolute atomic E-state index is 0.0765. The third kappa shape index (κ3) is 2.12. The van der Waals surface area contributed by atoms with Crippen molar-refractivity contribution in [1.29, 1.82) is 5.26 Å². The molecule has 0 radical (unpaired) electrons. The van der Waals surface area contributed by atoms with Crippen molar-refractivity contribution in [3.05, 3.63) is 18.0 Å². The summed E-state index contributed by atoms with van der Waals surface area (Å²) in [4.78, 5) is 8.11. The van der Waals surface area contributed by atoms with Gasteiger partial charge < -0.3 is 10.4 Å². The maximum Gasteiger partial charge on any atom is 0.224 e. The number of nitrogens with one attached hydrogen (secondary N) is 1. The van der Waals surface area contributed by atoms with Crippen molar-refractivity contribution in [2.75, 3.05) is 11.9 Å². The quantitative estimate of drug-likeness (QED) is 0.792. The topological polar surface area (TPSA) is 81.8 Å². The molecule has 0 amide bonds. The zero-order valence-electron chi connectivity index (χ0n) is 8.98. The first kappa shape index (κ1) is 10.8. The first-order chi connectivity index (χ1) is 7.78. The fraction of sp³-hybridized carbons (Fsp3) is 0.545.